The van der Waals surface area contributed by atoms with Crippen molar-refractivity contribution in [1.82, 2.24) is 36.5 Å². The van der Waals surface area contributed by atoms with Gasteiger partial charge in [-0.1, -0.05) is 101 Å². The quantitative estimate of drug-likeness (QED) is 0.0415. The zero-order chi connectivity index (χ0) is 51.1. The highest BCUT2D eigenvalue weighted by molar-refractivity contribution is 6.02. The summed E-state index contributed by atoms with van der Waals surface area (Å²) in [4.78, 5) is 84.4. The van der Waals surface area contributed by atoms with Crippen LogP contribution >= 0.6 is 0 Å². The lowest BCUT2D eigenvalue weighted by Gasteiger charge is -2.51. The second-order valence-electron chi connectivity index (χ2n) is 21.7. The molecule has 69 heavy (non-hydrogen) atoms. The minimum atomic E-state index is -1.21. The van der Waals surface area contributed by atoms with Crippen LogP contribution in [0.1, 0.15) is 132 Å². The Bertz CT molecular complexity index is 2020. The summed E-state index contributed by atoms with van der Waals surface area (Å²) in [6, 6.07) is 17.1. The molecule has 16 heteroatoms. The molecule has 2 saturated heterocycles. The van der Waals surface area contributed by atoms with E-state index in [9.17, 15) is 34.0 Å². The van der Waals surface area contributed by atoms with Gasteiger partial charge in [0.15, 0.2) is 0 Å². The van der Waals surface area contributed by atoms with Gasteiger partial charge >= 0.3 is 12.2 Å². The third-order valence-corrected chi connectivity index (χ3v) is 12.5. The Morgan fingerprint density at radius 1 is 0.797 bits per heavy atom. The lowest BCUT2D eigenvalue weighted by atomic mass is 9.79. The highest BCUT2D eigenvalue weighted by Gasteiger charge is 2.46. The molecule has 2 aliphatic heterocycles. The van der Waals surface area contributed by atoms with E-state index in [2.05, 4.69) is 40.4 Å². The highest BCUT2D eigenvalue weighted by atomic mass is 16.6. The van der Waals surface area contributed by atoms with E-state index in [-0.39, 0.29) is 37.4 Å². The molecule has 2 fully saturated rings. The molecule has 2 aliphatic rings. The van der Waals surface area contributed by atoms with Crippen LogP contribution in [-0.4, -0.2) is 105 Å². The molecule has 0 unspecified atom stereocenters. The number of hydroxylamine groups is 2. The van der Waals surface area contributed by atoms with Gasteiger partial charge < -0.3 is 46.2 Å². The molecule has 2 aromatic carbocycles. The number of ether oxygens (including phenoxy) is 2. The Kier molecular flexibility index (Phi) is 20.7. The van der Waals surface area contributed by atoms with Gasteiger partial charge in [0.25, 0.3) is 0 Å². The molecule has 0 spiro atoms. The second kappa shape index (κ2) is 25.4. The van der Waals surface area contributed by atoms with Crippen molar-refractivity contribution in [3.63, 3.8) is 0 Å². The Morgan fingerprint density at radius 3 is 1.99 bits per heavy atom. The maximum atomic E-state index is 14.6. The number of piperidine rings is 1. The molecule has 16 nitrogen and oxygen atoms in total. The average Bonchev–Trinajstić information content (AvgIpc) is 3.71. The zero-order valence-corrected chi connectivity index (χ0v) is 42.9. The molecular weight excluding hydrogens is 879 g/mol. The van der Waals surface area contributed by atoms with E-state index in [0.29, 0.717) is 51.5 Å². The lowest BCUT2D eigenvalue weighted by Crippen LogP contribution is -2.64. The third-order valence-electron chi connectivity index (χ3n) is 12.5. The van der Waals surface area contributed by atoms with Crippen LogP contribution < -0.4 is 26.6 Å². The minimum Gasteiger partial charge on any atom is -0.445 e. The van der Waals surface area contributed by atoms with Crippen LogP contribution in [0, 0.1) is 23.7 Å². The van der Waals surface area contributed by atoms with E-state index < -0.39 is 82.6 Å². The first-order chi connectivity index (χ1) is 32.3. The van der Waals surface area contributed by atoms with E-state index in [1.165, 1.54) is 5.06 Å². The van der Waals surface area contributed by atoms with Gasteiger partial charge in [-0.25, -0.2) is 9.59 Å². The van der Waals surface area contributed by atoms with Crippen LogP contribution in [0.5, 0.6) is 0 Å². The lowest BCUT2D eigenvalue weighted by molar-refractivity contribution is -0.246. The Balaban J connectivity index is 1.50. The van der Waals surface area contributed by atoms with Crippen molar-refractivity contribution in [2.24, 2.45) is 23.7 Å². The predicted octanol–water partition coefficient (Wildman–Crippen LogP) is 7.40. The summed E-state index contributed by atoms with van der Waals surface area (Å²) in [5.74, 6) is -3.95. The van der Waals surface area contributed by atoms with Crippen LogP contribution in [0.3, 0.4) is 0 Å². The van der Waals surface area contributed by atoms with Gasteiger partial charge in [0, 0.05) is 30.2 Å². The summed E-state index contributed by atoms with van der Waals surface area (Å²) in [6.45, 7) is 21.3. The third kappa shape index (κ3) is 18.1. The standard InChI is InChI=1S/C53H81N7O9/c1-35(2)30-40(56-50(66)69-51(5,6)7)27-26-39(31-37-20-14-12-15-21-37)48(64)59-29-19-25-43(59)58-47(63)44(36(3)4)46(62)57-42(24-18-28-54-49(65)68-34-38-22-16-13-17-23-38)45(61)55-41-32-52(8,9)60(67)53(10,11)33-41/h12-17,20-23,26-27,35-36,39-44,67H,18-19,24-25,28-34H2,1-11H3,(H,54,65)(H,55,61)(H,56,66)(H,57,62)(H,58,63)/b27-26+/t39-,40-,42+,43+,44-/m1/s1. The summed E-state index contributed by atoms with van der Waals surface area (Å²) in [6.07, 6.45) is 5.29. The van der Waals surface area contributed by atoms with Crippen molar-refractivity contribution in [3.05, 3.63) is 83.9 Å². The van der Waals surface area contributed by atoms with Crippen molar-refractivity contribution in [1.29, 1.82) is 0 Å². The number of hydrogen-bond donors (Lipinski definition) is 6. The molecule has 6 amide bonds. The molecule has 2 heterocycles. The van der Waals surface area contributed by atoms with Crippen molar-refractivity contribution < 1.29 is 43.4 Å². The number of amides is 6. The van der Waals surface area contributed by atoms with Crippen LogP contribution in [0.4, 0.5) is 9.59 Å². The molecular formula is C53H81N7O9. The van der Waals surface area contributed by atoms with Gasteiger partial charge in [-0.15, -0.1) is 0 Å². The van der Waals surface area contributed by atoms with E-state index in [1.54, 1.807) is 39.5 Å². The van der Waals surface area contributed by atoms with Crippen LogP contribution in [0.15, 0.2) is 72.8 Å². The first-order valence-corrected chi connectivity index (χ1v) is 24.7. The molecule has 382 valence electrons. The summed E-state index contributed by atoms with van der Waals surface area (Å²) in [5.41, 5.74) is -0.197. The molecule has 0 bridgehead atoms. The van der Waals surface area contributed by atoms with Crippen molar-refractivity contribution in [2.45, 2.75) is 175 Å². The molecule has 0 aromatic heterocycles. The van der Waals surface area contributed by atoms with Crippen molar-refractivity contribution >= 4 is 35.8 Å². The number of benzene rings is 2. The monoisotopic (exact) mass is 960 g/mol. The van der Waals surface area contributed by atoms with Crippen LogP contribution in [0.2, 0.25) is 0 Å². The molecule has 4 rings (SSSR count). The predicted molar refractivity (Wildman–Crippen MR) is 265 cm³/mol. The summed E-state index contributed by atoms with van der Waals surface area (Å²) in [7, 11) is 0. The summed E-state index contributed by atoms with van der Waals surface area (Å²) in [5, 5.41) is 26.9. The largest absolute Gasteiger partial charge is 0.445 e. The van der Waals surface area contributed by atoms with Crippen molar-refractivity contribution in [2.75, 3.05) is 13.1 Å². The second-order valence-corrected chi connectivity index (χ2v) is 21.7. The molecule has 0 saturated carbocycles. The van der Waals surface area contributed by atoms with E-state index >= 15 is 0 Å². The smallest absolute Gasteiger partial charge is 0.408 e. The number of hydrogen-bond acceptors (Lipinski definition) is 10. The number of likely N-dealkylation sites (tertiary alicyclic amines) is 1. The molecule has 6 N–H and O–H groups in total. The van der Waals surface area contributed by atoms with Gasteiger partial charge in [0.05, 0.1) is 12.0 Å². The summed E-state index contributed by atoms with van der Waals surface area (Å²) < 4.78 is 10.9. The van der Waals surface area contributed by atoms with Crippen molar-refractivity contribution in [3.8, 4) is 0 Å². The number of carbonyl (C=O) groups excluding carboxylic acids is 6. The number of alkyl carbamates (subject to hydrolysis) is 2. The topological polar surface area (TPSA) is 208 Å². The van der Waals surface area contributed by atoms with E-state index in [0.717, 1.165) is 11.1 Å². The SMILES string of the molecule is CC(C)C[C@@H](/C=C/[C@H](Cc1ccccc1)C(=O)N1CCC[C@H]1NC(=O)[C@@H](C(=O)N[C@@H](CCCNC(=O)OCc1ccccc1)C(=O)NC1CC(C)(C)N(O)C(C)(C)C1)C(C)C)NC(=O)OC(C)(C)C. The van der Waals surface area contributed by atoms with Gasteiger partial charge in [0.1, 0.15) is 30.3 Å². The maximum Gasteiger partial charge on any atom is 0.408 e. The molecule has 2 aromatic rings. The zero-order valence-electron chi connectivity index (χ0n) is 42.9. The normalized spacial score (nSPS) is 19.0. The number of rotatable bonds is 21. The van der Waals surface area contributed by atoms with E-state index in [4.69, 9.17) is 9.47 Å². The fourth-order valence-corrected chi connectivity index (χ4v) is 9.37. The molecule has 0 aliphatic carbocycles. The Morgan fingerprint density at radius 2 is 1.41 bits per heavy atom. The number of carbonyl (C=O) groups is 6. The van der Waals surface area contributed by atoms with Crippen LogP contribution in [0.25, 0.3) is 0 Å². The van der Waals surface area contributed by atoms with Crippen LogP contribution in [-0.2, 0) is 41.7 Å². The molecule has 0 radical (unpaired) electrons. The van der Waals surface area contributed by atoms with Gasteiger partial charge in [-0.3, -0.25) is 19.2 Å². The number of nitrogens with one attached hydrogen (secondary N) is 5. The average molecular weight is 960 g/mol. The van der Waals surface area contributed by atoms with Gasteiger partial charge in [0.2, 0.25) is 23.6 Å². The van der Waals surface area contributed by atoms with Gasteiger partial charge in [-0.05, 0) is 123 Å². The fraction of sp³-hybridized carbons (Fsp3) is 0.623. The Labute approximate surface area is 410 Å². The minimum absolute atomic E-state index is 0.0951. The Hall–Kier alpha value is -5.48. The van der Waals surface area contributed by atoms with Gasteiger partial charge in [-0.2, -0.15) is 5.06 Å². The molecule has 5 atom stereocenters. The first-order valence-electron chi connectivity index (χ1n) is 24.7. The highest BCUT2D eigenvalue weighted by Crippen LogP contribution is 2.37. The number of nitrogens with zero attached hydrogens (tertiary/aromatic N) is 2. The maximum absolute atomic E-state index is 14.6. The van der Waals surface area contributed by atoms with E-state index in [1.807, 2.05) is 101 Å². The summed E-state index contributed by atoms with van der Waals surface area (Å²) >= 11 is 0. The fourth-order valence-electron chi connectivity index (χ4n) is 9.37. The first kappa shape index (κ1) is 56.1.